The second kappa shape index (κ2) is 7.08. The summed E-state index contributed by atoms with van der Waals surface area (Å²) >= 11 is 0. The van der Waals surface area contributed by atoms with Crippen molar-refractivity contribution in [3.63, 3.8) is 0 Å². The Morgan fingerprint density at radius 2 is 1.97 bits per heavy atom. The average molecular weight is 400 g/mol. The number of methoxy groups -OCH3 is 1. The number of para-hydroxylation sites is 1. The zero-order valence-corrected chi connectivity index (χ0v) is 15.2. The van der Waals surface area contributed by atoms with Crippen LogP contribution in [0.4, 0.5) is 30.5 Å². The number of anilines is 3. The number of ether oxygens (including phenoxy) is 1. The summed E-state index contributed by atoms with van der Waals surface area (Å²) in [4.78, 5) is 20.7. The Balaban J connectivity index is 1.75. The molecule has 1 aromatic heterocycles. The van der Waals surface area contributed by atoms with E-state index >= 15 is 0 Å². The van der Waals surface area contributed by atoms with Crippen molar-refractivity contribution in [3.05, 3.63) is 59.8 Å². The molecule has 2 N–H and O–H groups in total. The number of alkyl halides is 3. The van der Waals surface area contributed by atoms with Gasteiger partial charge in [0.05, 0.1) is 30.5 Å². The summed E-state index contributed by atoms with van der Waals surface area (Å²) in [7, 11) is 1.29. The number of carbonyl (C=O) groups is 1. The van der Waals surface area contributed by atoms with E-state index in [1.54, 1.807) is 12.1 Å². The summed E-state index contributed by atoms with van der Waals surface area (Å²) in [6, 6.07) is 10.5. The topological polar surface area (TPSA) is 76.1 Å². The summed E-state index contributed by atoms with van der Waals surface area (Å²) in [6.45, 7) is 0. The first-order valence-electron chi connectivity index (χ1n) is 8.62. The van der Waals surface area contributed by atoms with E-state index in [9.17, 15) is 18.0 Å². The monoisotopic (exact) mass is 400 g/mol. The number of carbonyl (C=O) groups excluding carboxylic acids is 1. The molecule has 0 spiro atoms. The third-order valence-electron chi connectivity index (χ3n) is 4.40. The highest BCUT2D eigenvalue weighted by Gasteiger charge is 2.31. The number of nitrogens with one attached hydrogen (secondary N) is 2. The van der Waals surface area contributed by atoms with Crippen LogP contribution in [-0.4, -0.2) is 23.0 Å². The quantitative estimate of drug-likeness (QED) is 0.681. The van der Waals surface area contributed by atoms with Gasteiger partial charge in [0, 0.05) is 29.1 Å². The van der Waals surface area contributed by atoms with Gasteiger partial charge < -0.3 is 15.4 Å². The van der Waals surface area contributed by atoms with Gasteiger partial charge in [0.2, 0.25) is 11.9 Å². The number of hydrogen-bond acceptors (Lipinski definition) is 5. The molecule has 0 aliphatic carbocycles. The molecule has 0 saturated heterocycles. The number of halogens is 3. The average Bonchev–Trinajstić information content (AvgIpc) is 2.82. The van der Waals surface area contributed by atoms with Crippen LogP contribution in [0, 0.1) is 0 Å². The van der Waals surface area contributed by atoms with Crippen molar-refractivity contribution in [1.29, 1.82) is 0 Å². The summed E-state index contributed by atoms with van der Waals surface area (Å²) in [5.74, 6) is -0.0327. The summed E-state index contributed by atoms with van der Waals surface area (Å²) in [6.07, 6.45) is -2.93. The van der Waals surface area contributed by atoms with Crippen molar-refractivity contribution in [2.24, 2.45) is 0 Å². The zero-order valence-electron chi connectivity index (χ0n) is 15.2. The zero-order chi connectivity index (χ0) is 20.6. The molecule has 4 rings (SSSR count). The second-order valence-corrected chi connectivity index (χ2v) is 6.41. The Bertz CT molecular complexity index is 1100. The van der Waals surface area contributed by atoms with Crippen LogP contribution in [-0.2, 0) is 17.4 Å². The minimum atomic E-state index is -4.52. The van der Waals surface area contributed by atoms with Gasteiger partial charge in [-0.1, -0.05) is 18.2 Å². The Morgan fingerprint density at radius 3 is 2.72 bits per heavy atom. The fourth-order valence-electron chi connectivity index (χ4n) is 3.08. The van der Waals surface area contributed by atoms with Crippen molar-refractivity contribution < 1.29 is 22.7 Å². The summed E-state index contributed by atoms with van der Waals surface area (Å²) in [5, 5.41) is 5.61. The van der Waals surface area contributed by atoms with E-state index in [2.05, 4.69) is 20.6 Å². The van der Waals surface area contributed by atoms with E-state index in [1.807, 2.05) is 12.1 Å². The number of benzene rings is 2. The van der Waals surface area contributed by atoms with Crippen LogP contribution in [0.2, 0.25) is 0 Å². The molecule has 29 heavy (non-hydrogen) atoms. The van der Waals surface area contributed by atoms with Crippen molar-refractivity contribution in [3.8, 4) is 17.0 Å². The Hall–Kier alpha value is -3.62. The first kappa shape index (κ1) is 18.7. The van der Waals surface area contributed by atoms with Gasteiger partial charge in [-0.2, -0.15) is 13.2 Å². The highest BCUT2D eigenvalue weighted by Crippen LogP contribution is 2.36. The predicted molar refractivity (Wildman–Crippen MR) is 101 cm³/mol. The van der Waals surface area contributed by atoms with Gasteiger partial charge in [-0.15, -0.1) is 0 Å². The molecule has 6 nitrogen and oxygen atoms in total. The molecule has 0 atom stereocenters. The first-order valence-corrected chi connectivity index (χ1v) is 8.62. The number of nitrogens with zero attached hydrogens (tertiary/aromatic N) is 2. The van der Waals surface area contributed by atoms with Crippen molar-refractivity contribution in [1.82, 2.24) is 9.97 Å². The predicted octanol–water partition coefficient (Wildman–Crippen LogP) is 4.41. The Kier molecular flexibility index (Phi) is 4.57. The van der Waals surface area contributed by atoms with Crippen LogP contribution < -0.4 is 15.4 Å². The Morgan fingerprint density at radius 1 is 1.17 bits per heavy atom. The van der Waals surface area contributed by atoms with E-state index in [4.69, 9.17) is 4.74 Å². The molecule has 2 heterocycles. The van der Waals surface area contributed by atoms with E-state index in [1.165, 1.54) is 19.4 Å². The fourth-order valence-corrected chi connectivity index (χ4v) is 3.08. The van der Waals surface area contributed by atoms with Crippen LogP contribution in [0.5, 0.6) is 5.75 Å². The van der Waals surface area contributed by atoms with Crippen LogP contribution in [0.1, 0.15) is 11.1 Å². The van der Waals surface area contributed by atoms with Crippen molar-refractivity contribution in [2.45, 2.75) is 12.6 Å². The molecule has 0 saturated carbocycles. The number of amides is 1. The SMILES string of the molecule is COc1cc(Nc2ncc3c(n2)-c2ccccc2NC(=O)C3)cc(C(F)(F)F)c1. The smallest absolute Gasteiger partial charge is 0.416 e. The van der Waals surface area contributed by atoms with Crippen LogP contribution in [0.25, 0.3) is 11.3 Å². The molecule has 0 bridgehead atoms. The number of fused-ring (bicyclic) bond motifs is 3. The third-order valence-corrected chi connectivity index (χ3v) is 4.40. The van der Waals surface area contributed by atoms with Crippen molar-refractivity contribution >= 4 is 23.2 Å². The van der Waals surface area contributed by atoms with Gasteiger partial charge in [-0.05, 0) is 18.2 Å². The van der Waals surface area contributed by atoms with Gasteiger partial charge in [0.15, 0.2) is 0 Å². The van der Waals surface area contributed by atoms with E-state index in [-0.39, 0.29) is 29.7 Å². The van der Waals surface area contributed by atoms with Gasteiger partial charge in [0.25, 0.3) is 0 Å². The van der Waals surface area contributed by atoms with Gasteiger partial charge in [0.1, 0.15) is 5.75 Å². The molecule has 1 aliphatic heterocycles. The van der Waals surface area contributed by atoms with Crippen molar-refractivity contribution in [2.75, 3.05) is 17.7 Å². The molecular weight excluding hydrogens is 385 g/mol. The highest BCUT2D eigenvalue weighted by atomic mass is 19.4. The normalized spacial score (nSPS) is 13.0. The lowest BCUT2D eigenvalue weighted by Crippen LogP contribution is -2.12. The lowest BCUT2D eigenvalue weighted by atomic mass is 10.1. The molecule has 3 aromatic rings. The van der Waals surface area contributed by atoms with Crippen LogP contribution in [0.3, 0.4) is 0 Å². The standard InChI is InChI=1S/C20H15F3N4O2/c1-29-14-8-12(20(21,22)23)7-13(9-14)25-19-24-10-11-6-17(28)26-16-5-3-2-4-15(16)18(11)27-19/h2-5,7-10H,6H2,1H3,(H,26,28)(H,24,25,27). The number of rotatable bonds is 3. The molecule has 0 radical (unpaired) electrons. The molecule has 1 aliphatic rings. The van der Waals surface area contributed by atoms with Crippen LogP contribution in [0.15, 0.2) is 48.7 Å². The summed E-state index contributed by atoms with van der Waals surface area (Å²) in [5.41, 5.74) is 1.76. The summed E-state index contributed by atoms with van der Waals surface area (Å²) < 4.78 is 44.4. The third kappa shape index (κ3) is 3.84. The van der Waals surface area contributed by atoms with Gasteiger partial charge in [-0.25, -0.2) is 9.97 Å². The second-order valence-electron chi connectivity index (χ2n) is 6.41. The highest BCUT2D eigenvalue weighted by molar-refractivity contribution is 5.99. The maximum absolute atomic E-state index is 13.1. The molecular formula is C20H15F3N4O2. The largest absolute Gasteiger partial charge is 0.497 e. The van der Waals surface area contributed by atoms with E-state index < -0.39 is 11.7 Å². The van der Waals surface area contributed by atoms with E-state index in [0.29, 0.717) is 22.5 Å². The number of aromatic nitrogens is 2. The fraction of sp³-hybridized carbons (Fsp3) is 0.150. The molecule has 0 unspecified atom stereocenters. The minimum Gasteiger partial charge on any atom is -0.497 e. The van der Waals surface area contributed by atoms with Gasteiger partial charge in [-0.3, -0.25) is 4.79 Å². The van der Waals surface area contributed by atoms with Crippen LogP contribution >= 0.6 is 0 Å². The molecule has 1 amide bonds. The van der Waals surface area contributed by atoms with Gasteiger partial charge >= 0.3 is 6.18 Å². The Labute approximate surface area is 163 Å². The maximum atomic E-state index is 13.1. The molecule has 0 fully saturated rings. The lowest BCUT2D eigenvalue weighted by Gasteiger charge is -2.13. The molecule has 9 heteroatoms. The molecule has 2 aromatic carbocycles. The minimum absolute atomic E-state index is 0.0530. The lowest BCUT2D eigenvalue weighted by molar-refractivity contribution is -0.137. The van der Waals surface area contributed by atoms with E-state index in [0.717, 1.165) is 12.1 Å². The number of hydrogen-bond donors (Lipinski definition) is 2. The molecule has 148 valence electrons. The maximum Gasteiger partial charge on any atom is 0.416 e. The first-order chi connectivity index (χ1) is 13.8.